The van der Waals surface area contributed by atoms with Gasteiger partial charge in [-0.05, 0) is 6.42 Å². The van der Waals surface area contributed by atoms with E-state index < -0.39 is 21.6 Å². The molecule has 4 heteroatoms. The second-order valence-electron chi connectivity index (χ2n) is 2.03. The number of hydrogen-bond acceptors (Lipinski definition) is 2. The molecule has 58 valence electrons. The van der Waals surface area contributed by atoms with Crippen LogP contribution in [-0.2, 0) is 21.6 Å². The molecule has 0 unspecified atom stereocenters. The van der Waals surface area contributed by atoms with Gasteiger partial charge in [-0.15, -0.1) is 0 Å². The van der Waals surface area contributed by atoms with Crippen molar-refractivity contribution in [2.75, 3.05) is 11.5 Å². The van der Waals surface area contributed by atoms with Crippen molar-refractivity contribution in [1.82, 2.24) is 0 Å². The molecule has 0 aromatic rings. The highest BCUT2D eigenvalue weighted by atomic mass is 32.2. The lowest BCUT2D eigenvalue weighted by atomic mass is 10.5. The van der Waals surface area contributed by atoms with Gasteiger partial charge in [-0.1, -0.05) is 13.0 Å². The third kappa shape index (κ3) is 1.55. The molecule has 1 heterocycles. The highest BCUT2D eigenvalue weighted by Gasteiger charge is 2.22. The molecule has 1 aliphatic rings. The van der Waals surface area contributed by atoms with E-state index in [1.807, 2.05) is 13.0 Å². The Morgan fingerprint density at radius 3 is 2.30 bits per heavy atom. The second-order valence-corrected chi connectivity index (χ2v) is 5.37. The minimum Gasteiger partial charge on any atom is -0.254 e. The van der Waals surface area contributed by atoms with Gasteiger partial charge < -0.3 is 0 Å². The molecule has 0 aliphatic carbocycles. The van der Waals surface area contributed by atoms with E-state index in [4.69, 9.17) is 0 Å². The lowest BCUT2D eigenvalue weighted by molar-refractivity contribution is 0.689. The minimum absolute atomic E-state index is 0.582. The Bertz CT molecular complexity index is 190. The Morgan fingerprint density at radius 2 is 1.90 bits per heavy atom. The summed E-state index contributed by atoms with van der Waals surface area (Å²) in [5.74, 6) is 1.16. The molecule has 1 rings (SSSR count). The van der Waals surface area contributed by atoms with E-state index in [-0.39, 0.29) is 0 Å². The molecule has 2 atom stereocenters. The van der Waals surface area contributed by atoms with Crippen molar-refractivity contribution in [3.8, 4) is 0 Å². The number of hydrogen-bond donors (Lipinski definition) is 0. The van der Waals surface area contributed by atoms with Crippen LogP contribution in [0.2, 0.25) is 0 Å². The van der Waals surface area contributed by atoms with Gasteiger partial charge in [0.2, 0.25) is 0 Å². The average Bonchev–Trinajstić information content (AvgIpc) is 2.20. The summed E-state index contributed by atoms with van der Waals surface area (Å²) in [6, 6.07) is 0. The van der Waals surface area contributed by atoms with Crippen LogP contribution in [0.25, 0.3) is 0 Å². The van der Waals surface area contributed by atoms with Crippen LogP contribution in [0.4, 0.5) is 0 Å². The standard InChI is InChI=1S/C6H10O2S2/c1-2-3-6-9(7)4-5-10(6)8/h3H,2,4-5H2,1H3/t9-,10+. The van der Waals surface area contributed by atoms with Crippen LogP contribution in [0.5, 0.6) is 0 Å². The molecule has 0 spiro atoms. The summed E-state index contributed by atoms with van der Waals surface area (Å²) in [5.41, 5.74) is 0. The largest absolute Gasteiger partial charge is 0.254 e. The molecule has 0 bridgehead atoms. The summed E-state index contributed by atoms with van der Waals surface area (Å²) in [6.07, 6.45) is 2.64. The van der Waals surface area contributed by atoms with E-state index in [0.717, 1.165) is 6.42 Å². The SMILES string of the molecule is CCC=C1[S@](=O)CC[S@@]1=O. The van der Waals surface area contributed by atoms with Gasteiger partial charge in [0.15, 0.2) is 0 Å². The first kappa shape index (κ1) is 8.14. The highest BCUT2D eigenvalue weighted by Crippen LogP contribution is 2.16. The Balaban J connectivity index is 2.82. The molecule has 0 amide bonds. The predicted molar refractivity (Wildman–Crippen MR) is 44.4 cm³/mol. The van der Waals surface area contributed by atoms with E-state index in [1.165, 1.54) is 0 Å². The Labute approximate surface area is 65.6 Å². The molecule has 0 saturated carbocycles. The van der Waals surface area contributed by atoms with E-state index >= 15 is 0 Å². The van der Waals surface area contributed by atoms with Gasteiger partial charge in [-0.2, -0.15) is 0 Å². The summed E-state index contributed by atoms with van der Waals surface area (Å²) in [5, 5.41) is 0. The highest BCUT2D eigenvalue weighted by molar-refractivity contribution is 8.11. The third-order valence-electron chi connectivity index (χ3n) is 1.27. The van der Waals surface area contributed by atoms with Crippen molar-refractivity contribution in [2.24, 2.45) is 0 Å². The minimum atomic E-state index is -0.930. The zero-order valence-electron chi connectivity index (χ0n) is 5.83. The van der Waals surface area contributed by atoms with E-state index in [9.17, 15) is 8.42 Å². The van der Waals surface area contributed by atoms with E-state index in [1.54, 1.807) is 0 Å². The average molecular weight is 178 g/mol. The van der Waals surface area contributed by atoms with Crippen LogP contribution in [0.1, 0.15) is 13.3 Å². The summed E-state index contributed by atoms with van der Waals surface area (Å²) >= 11 is 0. The molecular formula is C6H10O2S2. The molecule has 0 aromatic carbocycles. The quantitative estimate of drug-likeness (QED) is 0.594. The summed E-state index contributed by atoms with van der Waals surface area (Å²) in [4.78, 5) is 0. The van der Waals surface area contributed by atoms with Crippen molar-refractivity contribution in [3.05, 3.63) is 10.3 Å². The van der Waals surface area contributed by atoms with Crippen LogP contribution in [0, 0.1) is 0 Å². The summed E-state index contributed by atoms with van der Waals surface area (Å²) in [7, 11) is -1.86. The van der Waals surface area contributed by atoms with Crippen LogP contribution in [0.15, 0.2) is 10.3 Å². The predicted octanol–water partition coefficient (Wildman–Crippen LogP) is 0.749. The molecule has 2 nitrogen and oxygen atoms in total. The van der Waals surface area contributed by atoms with Gasteiger partial charge in [0.25, 0.3) is 0 Å². The smallest absolute Gasteiger partial charge is 0.0989 e. The fourth-order valence-electron chi connectivity index (χ4n) is 0.809. The molecular weight excluding hydrogens is 168 g/mol. The lowest BCUT2D eigenvalue weighted by Gasteiger charge is -1.89. The Morgan fingerprint density at radius 1 is 1.40 bits per heavy atom. The van der Waals surface area contributed by atoms with Crippen LogP contribution < -0.4 is 0 Å². The van der Waals surface area contributed by atoms with Gasteiger partial charge in [-0.3, -0.25) is 8.42 Å². The monoisotopic (exact) mass is 178 g/mol. The number of allylic oxidation sites excluding steroid dienone is 1. The van der Waals surface area contributed by atoms with Crippen molar-refractivity contribution in [1.29, 1.82) is 0 Å². The molecule has 0 radical (unpaired) electrons. The van der Waals surface area contributed by atoms with Crippen molar-refractivity contribution in [2.45, 2.75) is 13.3 Å². The van der Waals surface area contributed by atoms with Crippen molar-refractivity contribution >= 4 is 21.6 Å². The van der Waals surface area contributed by atoms with E-state index in [0.29, 0.717) is 15.7 Å². The molecule has 1 aliphatic heterocycles. The van der Waals surface area contributed by atoms with E-state index in [2.05, 4.69) is 0 Å². The molecule has 10 heavy (non-hydrogen) atoms. The molecule has 1 saturated heterocycles. The molecule has 1 fully saturated rings. The maximum atomic E-state index is 11.0. The first-order chi connectivity index (χ1) is 4.75. The first-order valence-corrected chi connectivity index (χ1v) is 5.86. The van der Waals surface area contributed by atoms with Gasteiger partial charge in [-0.25, -0.2) is 0 Å². The molecule has 0 N–H and O–H groups in total. The maximum Gasteiger partial charge on any atom is 0.0989 e. The normalized spacial score (nSPS) is 37.1. The Hall–Kier alpha value is 0.0400. The Kier molecular flexibility index (Phi) is 2.80. The third-order valence-corrected chi connectivity index (χ3v) is 5.03. The van der Waals surface area contributed by atoms with Crippen LogP contribution in [-0.4, -0.2) is 19.9 Å². The first-order valence-electron chi connectivity index (χ1n) is 3.22. The lowest BCUT2D eigenvalue weighted by Crippen LogP contribution is -1.89. The fraction of sp³-hybridized carbons (Fsp3) is 0.667. The zero-order valence-corrected chi connectivity index (χ0v) is 7.46. The molecule has 0 aromatic heterocycles. The number of rotatable bonds is 1. The van der Waals surface area contributed by atoms with Crippen LogP contribution in [0.3, 0.4) is 0 Å². The fourth-order valence-corrected chi connectivity index (χ4v) is 4.46. The summed E-state index contributed by atoms with van der Waals surface area (Å²) < 4.78 is 22.7. The maximum absolute atomic E-state index is 11.0. The second kappa shape index (κ2) is 3.44. The zero-order chi connectivity index (χ0) is 7.56. The van der Waals surface area contributed by atoms with Gasteiger partial charge >= 0.3 is 0 Å². The van der Waals surface area contributed by atoms with Crippen molar-refractivity contribution in [3.63, 3.8) is 0 Å². The van der Waals surface area contributed by atoms with Crippen LogP contribution >= 0.6 is 0 Å². The van der Waals surface area contributed by atoms with Crippen molar-refractivity contribution < 1.29 is 8.42 Å². The van der Waals surface area contributed by atoms with Gasteiger partial charge in [0.1, 0.15) is 0 Å². The van der Waals surface area contributed by atoms with Gasteiger partial charge in [0, 0.05) is 11.5 Å². The summed E-state index contributed by atoms with van der Waals surface area (Å²) in [6.45, 7) is 1.96. The van der Waals surface area contributed by atoms with Gasteiger partial charge in [0.05, 0.1) is 25.8 Å². The topological polar surface area (TPSA) is 34.1 Å².